The molecule has 178 valence electrons. The number of nitro benzene ring substituents is 1. The van der Waals surface area contributed by atoms with Gasteiger partial charge in [-0.1, -0.05) is 12.1 Å². The van der Waals surface area contributed by atoms with Crippen LogP contribution in [0.15, 0.2) is 72.8 Å². The molecular weight excluding hydrogens is 450 g/mol. The van der Waals surface area contributed by atoms with E-state index >= 15 is 0 Å². The number of amides is 2. The van der Waals surface area contributed by atoms with Crippen molar-refractivity contribution in [2.24, 2.45) is 0 Å². The second-order valence-corrected chi connectivity index (χ2v) is 7.85. The summed E-state index contributed by atoms with van der Waals surface area (Å²) in [4.78, 5) is 36.6. The molecule has 0 saturated carbocycles. The Balaban J connectivity index is 1.37. The number of carbonyl (C=O) groups excluding carboxylic acids is 2. The number of anilines is 2. The minimum absolute atomic E-state index is 0.0186. The lowest BCUT2D eigenvalue weighted by molar-refractivity contribution is -0.384. The van der Waals surface area contributed by atoms with E-state index < -0.39 is 4.92 Å². The Bertz CT molecular complexity index is 1290. The molecule has 0 radical (unpaired) electrons. The fraction of sp³-hybridized carbons (Fsp3) is 0.154. The van der Waals surface area contributed by atoms with Crippen LogP contribution in [0, 0.1) is 17.0 Å². The summed E-state index contributed by atoms with van der Waals surface area (Å²) in [5, 5.41) is 13.5. The van der Waals surface area contributed by atoms with Crippen molar-refractivity contribution in [2.45, 2.75) is 6.92 Å². The molecule has 4 rings (SSSR count). The molecule has 35 heavy (non-hydrogen) atoms. The molecule has 0 aliphatic carbocycles. The van der Waals surface area contributed by atoms with Crippen molar-refractivity contribution in [3.05, 3.63) is 94.0 Å². The molecule has 0 unspecified atom stereocenters. The third-order valence-corrected chi connectivity index (χ3v) is 5.27. The van der Waals surface area contributed by atoms with Crippen LogP contribution in [-0.4, -0.2) is 36.5 Å². The SMILES string of the molecule is Cc1cccc(OCCN2C(=O)COc3cc(NC(=O)/C=C/c4ccc([N+](=O)[O-])cc4)ccc32)c1. The second kappa shape index (κ2) is 10.5. The van der Waals surface area contributed by atoms with Crippen molar-refractivity contribution < 1.29 is 24.0 Å². The van der Waals surface area contributed by atoms with E-state index in [-0.39, 0.29) is 24.1 Å². The first-order chi connectivity index (χ1) is 16.9. The summed E-state index contributed by atoms with van der Waals surface area (Å²) in [5.74, 6) is 0.676. The molecule has 2 amide bonds. The summed E-state index contributed by atoms with van der Waals surface area (Å²) in [5.41, 5.74) is 2.84. The van der Waals surface area contributed by atoms with Crippen molar-refractivity contribution in [1.29, 1.82) is 0 Å². The Morgan fingerprint density at radius 3 is 2.71 bits per heavy atom. The largest absolute Gasteiger partial charge is 0.492 e. The molecule has 9 heteroatoms. The molecule has 0 fully saturated rings. The maximum Gasteiger partial charge on any atom is 0.269 e. The van der Waals surface area contributed by atoms with Gasteiger partial charge in [0.25, 0.3) is 11.6 Å². The Morgan fingerprint density at radius 1 is 1.17 bits per heavy atom. The summed E-state index contributed by atoms with van der Waals surface area (Å²) in [6.07, 6.45) is 2.89. The highest BCUT2D eigenvalue weighted by atomic mass is 16.6. The number of ether oxygens (including phenoxy) is 2. The third-order valence-electron chi connectivity index (χ3n) is 5.27. The van der Waals surface area contributed by atoms with Gasteiger partial charge in [-0.25, -0.2) is 0 Å². The average Bonchev–Trinajstić information content (AvgIpc) is 2.84. The van der Waals surface area contributed by atoms with Gasteiger partial charge in [0.15, 0.2) is 6.61 Å². The Morgan fingerprint density at radius 2 is 1.97 bits per heavy atom. The van der Waals surface area contributed by atoms with Gasteiger partial charge in [-0.15, -0.1) is 0 Å². The van der Waals surface area contributed by atoms with Crippen LogP contribution < -0.4 is 19.7 Å². The number of fused-ring (bicyclic) bond motifs is 1. The predicted molar refractivity (Wildman–Crippen MR) is 132 cm³/mol. The predicted octanol–water partition coefficient (Wildman–Crippen LogP) is 4.36. The quantitative estimate of drug-likeness (QED) is 0.296. The number of hydrogen-bond donors (Lipinski definition) is 1. The van der Waals surface area contributed by atoms with Crippen molar-refractivity contribution in [3.63, 3.8) is 0 Å². The van der Waals surface area contributed by atoms with Crippen LogP contribution in [0.1, 0.15) is 11.1 Å². The van der Waals surface area contributed by atoms with Crippen molar-refractivity contribution in [3.8, 4) is 11.5 Å². The molecule has 0 bridgehead atoms. The Labute approximate surface area is 201 Å². The first-order valence-electron chi connectivity index (χ1n) is 10.9. The van der Waals surface area contributed by atoms with Crippen LogP contribution >= 0.6 is 0 Å². The number of non-ortho nitro benzene ring substituents is 1. The summed E-state index contributed by atoms with van der Waals surface area (Å²) < 4.78 is 11.4. The van der Waals surface area contributed by atoms with E-state index in [1.54, 1.807) is 41.3 Å². The van der Waals surface area contributed by atoms with Crippen LogP contribution in [0.2, 0.25) is 0 Å². The highest BCUT2D eigenvalue weighted by Crippen LogP contribution is 2.34. The van der Waals surface area contributed by atoms with E-state index in [1.165, 1.54) is 18.2 Å². The fourth-order valence-electron chi connectivity index (χ4n) is 3.55. The maximum absolute atomic E-state index is 12.4. The number of carbonyl (C=O) groups is 2. The zero-order chi connectivity index (χ0) is 24.8. The van der Waals surface area contributed by atoms with E-state index in [4.69, 9.17) is 9.47 Å². The number of nitrogens with zero attached hydrogens (tertiary/aromatic N) is 2. The van der Waals surface area contributed by atoms with E-state index in [1.807, 2.05) is 31.2 Å². The molecule has 1 aliphatic rings. The van der Waals surface area contributed by atoms with Crippen molar-refractivity contribution >= 4 is 35.0 Å². The smallest absolute Gasteiger partial charge is 0.269 e. The lowest BCUT2D eigenvalue weighted by Gasteiger charge is -2.29. The summed E-state index contributed by atoms with van der Waals surface area (Å²) >= 11 is 0. The number of hydrogen-bond acceptors (Lipinski definition) is 6. The number of nitrogens with one attached hydrogen (secondary N) is 1. The van der Waals surface area contributed by atoms with Gasteiger partial charge in [0.05, 0.1) is 17.2 Å². The highest BCUT2D eigenvalue weighted by molar-refractivity contribution is 6.03. The van der Waals surface area contributed by atoms with Crippen molar-refractivity contribution in [2.75, 3.05) is 30.0 Å². The molecule has 0 aromatic heterocycles. The molecular formula is C26H23N3O6. The number of rotatable bonds is 8. The second-order valence-electron chi connectivity index (χ2n) is 7.85. The zero-order valence-corrected chi connectivity index (χ0v) is 19.0. The molecule has 9 nitrogen and oxygen atoms in total. The van der Waals surface area contributed by atoms with Gasteiger partial charge in [0, 0.05) is 30.0 Å². The molecule has 1 aliphatic heterocycles. The van der Waals surface area contributed by atoms with Crippen LogP contribution in [-0.2, 0) is 9.59 Å². The fourth-order valence-corrected chi connectivity index (χ4v) is 3.55. The molecule has 3 aromatic carbocycles. The van der Waals surface area contributed by atoms with Crippen molar-refractivity contribution in [1.82, 2.24) is 0 Å². The van der Waals surface area contributed by atoms with Gasteiger partial charge in [0.2, 0.25) is 5.91 Å². The number of aryl methyl sites for hydroxylation is 1. The van der Waals surface area contributed by atoms with E-state index in [0.29, 0.717) is 35.8 Å². The first kappa shape index (κ1) is 23.5. The lowest BCUT2D eigenvalue weighted by Crippen LogP contribution is -2.41. The normalized spacial score (nSPS) is 12.7. The van der Waals surface area contributed by atoms with E-state index in [2.05, 4.69) is 5.32 Å². The Hall–Kier alpha value is -4.66. The van der Waals surface area contributed by atoms with Gasteiger partial charge in [-0.3, -0.25) is 19.7 Å². The van der Waals surface area contributed by atoms with Gasteiger partial charge in [0.1, 0.15) is 18.1 Å². The van der Waals surface area contributed by atoms with Crippen LogP contribution in [0.3, 0.4) is 0 Å². The summed E-state index contributed by atoms with van der Waals surface area (Å²) in [6.45, 7) is 2.55. The minimum Gasteiger partial charge on any atom is -0.492 e. The molecule has 0 spiro atoms. The molecule has 0 atom stereocenters. The molecule has 0 saturated heterocycles. The highest BCUT2D eigenvalue weighted by Gasteiger charge is 2.25. The van der Waals surface area contributed by atoms with Gasteiger partial charge in [-0.2, -0.15) is 0 Å². The first-order valence-corrected chi connectivity index (χ1v) is 10.9. The molecule has 1 heterocycles. The zero-order valence-electron chi connectivity index (χ0n) is 19.0. The van der Waals surface area contributed by atoms with Gasteiger partial charge in [-0.05, 0) is 60.5 Å². The van der Waals surface area contributed by atoms with Gasteiger partial charge >= 0.3 is 0 Å². The van der Waals surface area contributed by atoms with Gasteiger partial charge < -0.3 is 19.7 Å². The summed E-state index contributed by atoms with van der Waals surface area (Å²) in [7, 11) is 0. The topological polar surface area (TPSA) is 111 Å². The standard InChI is InChI=1S/C26H23N3O6/c1-18-3-2-4-22(15-18)34-14-13-28-23-11-8-20(16-24(23)35-17-26(28)31)27-25(30)12-7-19-5-9-21(10-6-19)29(32)33/h2-12,15-16H,13-14,17H2,1H3,(H,27,30)/b12-7+. The monoisotopic (exact) mass is 473 g/mol. The minimum atomic E-state index is -0.482. The van der Waals surface area contributed by atoms with E-state index in [0.717, 1.165) is 11.3 Å². The molecule has 3 aromatic rings. The number of benzene rings is 3. The average molecular weight is 473 g/mol. The summed E-state index contributed by atoms with van der Waals surface area (Å²) in [6, 6.07) is 18.6. The van der Waals surface area contributed by atoms with E-state index in [9.17, 15) is 19.7 Å². The Kier molecular flexibility index (Phi) is 7.06. The third kappa shape index (κ3) is 6.02. The van der Waals surface area contributed by atoms with Crippen LogP contribution in [0.4, 0.5) is 17.1 Å². The van der Waals surface area contributed by atoms with Crippen LogP contribution in [0.25, 0.3) is 6.08 Å². The maximum atomic E-state index is 12.4. The molecule has 1 N–H and O–H groups in total. The lowest BCUT2D eigenvalue weighted by atomic mass is 10.2. The van der Waals surface area contributed by atoms with Crippen LogP contribution in [0.5, 0.6) is 11.5 Å². The number of nitro groups is 1.